The van der Waals surface area contributed by atoms with Gasteiger partial charge in [-0.15, -0.1) is 10.2 Å². The number of unbranched alkanes of at least 4 members (excludes halogenated alkanes) is 2. The SMILES string of the molecule is Cn1c2ccccc2c2nnc(NCCCCCO)nc21. The van der Waals surface area contributed by atoms with Crippen molar-refractivity contribution in [1.29, 1.82) is 0 Å². The summed E-state index contributed by atoms with van der Waals surface area (Å²) in [7, 11) is 1.99. The number of anilines is 1. The summed E-state index contributed by atoms with van der Waals surface area (Å²) in [5, 5.41) is 21.5. The van der Waals surface area contributed by atoms with Gasteiger partial charge in [-0.25, -0.2) is 0 Å². The van der Waals surface area contributed by atoms with Gasteiger partial charge in [-0.1, -0.05) is 18.2 Å². The monoisotopic (exact) mass is 285 g/mol. The first kappa shape index (κ1) is 13.8. The second kappa shape index (κ2) is 6.05. The van der Waals surface area contributed by atoms with Gasteiger partial charge in [0.25, 0.3) is 0 Å². The number of para-hydroxylation sites is 1. The zero-order valence-electron chi connectivity index (χ0n) is 12.1. The third-order valence-electron chi connectivity index (χ3n) is 3.62. The molecule has 0 saturated carbocycles. The standard InChI is InChI=1S/C15H19N5O/c1-20-12-8-4-3-7-11(12)13-14(20)17-15(19-18-13)16-9-5-2-6-10-21/h3-4,7-8,21H,2,5-6,9-10H2,1H3,(H,16,17,19). The van der Waals surface area contributed by atoms with Gasteiger partial charge in [0.1, 0.15) is 5.52 Å². The molecule has 0 fully saturated rings. The highest BCUT2D eigenvalue weighted by atomic mass is 16.2. The first-order valence-electron chi connectivity index (χ1n) is 7.24. The molecule has 0 aliphatic heterocycles. The lowest BCUT2D eigenvalue weighted by Crippen LogP contribution is -2.07. The summed E-state index contributed by atoms with van der Waals surface area (Å²) in [6, 6.07) is 8.10. The second-order valence-corrected chi connectivity index (χ2v) is 5.09. The van der Waals surface area contributed by atoms with Crippen LogP contribution in [0, 0.1) is 0 Å². The Morgan fingerprint density at radius 1 is 1.14 bits per heavy atom. The van der Waals surface area contributed by atoms with Gasteiger partial charge in [-0.2, -0.15) is 4.98 Å². The van der Waals surface area contributed by atoms with Gasteiger partial charge in [-0.05, 0) is 25.3 Å². The summed E-state index contributed by atoms with van der Waals surface area (Å²) in [6.07, 6.45) is 2.81. The number of hydrogen-bond acceptors (Lipinski definition) is 5. The lowest BCUT2D eigenvalue weighted by molar-refractivity contribution is 0.283. The minimum absolute atomic E-state index is 0.250. The van der Waals surface area contributed by atoms with Gasteiger partial charge in [0, 0.05) is 25.6 Å². The van der Waals surface area contributed by atoms with E-state index in [0.29, 0.717) is 5.95 Å². The normalized spacial score (nSPS) is 11.3. The number of rotatable bonds is 6. The quantitative estimate of drug-likeness (QED) is 0.678. The summed E-state index contributed by atoms with van der Waals surface area (Å²) in [6.45, 7) is 1.04. The van der Waals surface area contributed by atoms with Crippen molar-refractivity contribution >= 4 is 28.0 Å². The van der Waals surface area contributed by atoms with Gasteiger partial charge < -0.3 is 15.0 Å². The van der Waals surface area contributed by atoms with E-state index in [1.54, 1.807) is 0 Å². The van der Waals surface area contributed by atoms with Crippen molar-refractivity contribution in [3.05, 3.63) is 24.3 Å². The van der Waals surface area contributed by atoms with Crippen LogP contribution in [0.1, 0.15) is 19.3 Å². The second-order valence-electron chi connectivity index (χ2n) is 5.09. The van der Waals surface area contributed by atoms with Gasteiger partial charge in [0.05, 0.1) is 5.52 Å². The largest absolute Gasteiger partial charge is 0.396 e. The number of hydrogen-bond donors (Lipinski definition) is 2. The van der Waals surface area contributed by atoms with E-state index in [0.717, 1.165) is 47.9 Å². The first-order chi connectivity index (χ1) is 10.3. The molecule has 3 aromatic rings. The van der Waals surface area contributed by atoms with E-state index in [1.165, 1.54) is 0 Å². The Bertz CT molecular complexity index is 752. The lowest BCUT2D eigenvalue weighted by atomic mass is 10.2. The van der Waals surface area contributed by atoms with Crippen LogP contribution in [0.15, 0.2) is 24.3 Å². The fourth-order valence-electron chi connectivity index (χ4n) is 2.49. The van der Waals surface area contributed by atoms with Crippen molar-refractivity contribution in [2.75, 3.05) is 18.5 Å². The molecule has 0 atom stereocenters. The fraction of sp³-hybridized carbons (Fsp3) is 0.400. The molecule has 1 aromatic carbocycles. The summed E-state index contributed by atoms with van der Waals surface area (Å²) in [4.78, 5) is 4.56. The molecule has 6 nitrogen and oxygen atoms in total. The van der Waals surface area contributed by atoms with E-state index in [2.05, 4.69) is 26.6 Å². The molecule has 2 N–H and O–H groups in total. The summed E-state index contributed by atoms with van der Waals surface area (Å²) in [5.41, 5.74) is 2.78. The van der Waals surface area contributed by atoms with Crippen LogP contribution in [0.2, 0.25) is 0 Å². The minimum Gasteiger partial charge on any atom is -0.396 e. The summed E-state index contributed by atoms with van der Waals surface area (Å²) >= 11 is 0. The number of nitrogens with zero attached hydrogens (tertiary/aromatic N) is 4. The van der Waals surface area contributed by atoms with Gasteiger partial charge in [0.2, 0.25) is 5.95 Å². The topological polar surface area (TPSA) is 75.9 Å². The van der Waals surface area contributed by atoms with E-state index < -0.39 is 0 Å². The van der Waals surface area contributed by atoms with Crippen LogP contribution in [-0.4, -0.2) is 38.0 Å². The molecule has 0 spiro atoms. The molecule has 6 heteroatoms. The highest BCUT2D eigenvalue weighted by Gasteiger charge is 2.11. The Hall–Kier alpha value is -2.21. The van der Waals surface area contributed by atoms with Crippen LogP contribution in [0.4, 0.5) is 5.95 Å². The summed E-state index contributed by atoms with van der Waals surface area (Å²) < 4.78 is 2.04. The number of aromatic nitrogens is 4. The fourth-order valence-corrected chi connectivity index (χ4v) is 2.49. The van der Waals surface area contributed by atoms with Crippen LogP contribution in [0.5, 0.6) is 0 Å². The van der Waals surface area contributed by atoms with E-state index >= 15 is 0 Å². The number of aryl methyl sites for hydroxylation is 1. The number of aliphatic hydroxyl groups is 1. The minimum atomic E-state index is 0.250. The Balaban J connectivity index is 1.83. The van der Waals surface area contributed by atoms with Crippen LogP contribution >= 0.6 is 0 Å². The highest BCUT2D eigenvalue weighted by molar-refractivity contribution is 6.04. The lowest BCUT2D eigenvalue weighted by Gasteiger charge is -2.04. The maximum atomic E-state index is 8.74. The van der Waals surface area contributed by atoms with Crippen molar-refractivity contribution in [2.24, 2.45) is 7.05 Å². The smallest absolute Gasteiger partial charge is 0.244 e. The molecule has 110 valence electrons. The Morgan fingerprint density at radius 2 is 2.00 bits per heavy atom. The molecule has 0 radical (unpaired) electrons. The van der Waals surface area contributed by atoms with Gasteiger partial charge >= 0.3 is 0 Å². The molecule has 0 amide bonds. The molecule has 2 aromatic heterocycles. The van der Waals surface area contributed by atoms with Crippen molar-refractivity contribution in [3.63, 3.8) is 0 Å². The Morgan fingerprint density at radius 3 is 2.86 bits per heavy atom. The van der Waals surface area contributed by atoms with E-state index in [4.69, 9.17) is 5.11 Å². The zero-order valence-corrected chi connectivity index (χ0v) is 12.1. The molecule has 0 unspecified atom stereocenters. The predicted molar refractivity (Wildman–Crippen MR) is 83.2 cm³/mol. The van der Waals surface area contributed by atoms with Gasteiger partial charge in [-0.3, -0.25) is 0 Å². The highest BCUT2D eigenvalue weighted by Crippen LogP contribution is 2.24. The molecule has 0 aliphatic carbocycles. The van der Waals surface area contributed by atoms with Crippen molar-refractivity contribution in [2.45, 2.75) is 19.3 Å². The van der Waals surface area contributed by atoms with Crippen molar-refractivity contribution in [1.82, 2.24) is 19.7 Å². The van der Waals surface area contributed by atoms with Crippen LogP contribution < -0.4 is 5.32 Å². The summed E-state index contributed by atoms with van der Waals surface area (Å²) in [5.74, 6) is 0.553. The maximum absolute atomic E-state index is 8.74. The number of nitrogens with one attached hydrogen (secondary N) is 1. The Labute approximate surface area is 122 Å². The molecule has 21 heavy (non-hydrogen) atoms. The molecule has 2 heterocycles. The van der Waals surface area contributed by atoms with Crippen LogP contribution in [0.3, 0.4) is 0 Å². The molecular formula is C15H19N5O. The Kier molecular flexibility index (Phi) is 3.96. The van der Waals surface area contributed by atoms with E-state index in [1.807, 2.05) is 29.8 Å². The first-order valence-corrected chi connectivity index (χ1v) is 7.24. The number of benzene rings is 1. The average Bonchev–Trinajstić information content (AvgIpc) is 2.81. The number of aliphatic hydroxyl groups excluding tert-OH is 1. The molecule has 0 saturated heterocycles. The van der Waals surface area contributed by atoms with Gasteiger partial charge in [0.15, 0.2) is 5.65 Å². The van der Waals surface area contributed by atoms with E-state index in [-0.39, 0.29) is 6.61 Å². The van der Waals surface area contributed by atoms with Crippen molar-refractivity contribution < 1.29 is 5.11 Å². The molecular weight excluding hydrogens is 266 g/mol. The van der Waals surface area contributed by atoms with Crippen LogP contribution in [0.25, 0.3) is 22.1 Å². The molecule has 0 aliphatic rings. The zero-order chi connectivity index (χ0) is 14.7. The van der Waals surface area contributed by atoms with Crippen molar-refractivity contribution in [3.8, 4) is 0 Å². The molecule has 0 bridgehead atoms. The number of fused-ring (bicyclic) bond motifs is 3. The van der Waals surface area contributed by atoms with E-state index in [9.17, 15) is 0 Å². The van der Waals surface area contributed by atoms with Crippen LogP contribution in [-0.2, 0) is 7.05 Å². The predicted octanol–water partition coefficient (Wildman–Crippen LogP) is 2.09. The average molecular weight is 285 g/mol. The third kappa shape index (κ3) is 2.67. The molecule has 3 rings (SSSR count). The third-order valence-corrected chi connectivity index (χ3v) is 3.62. The maximum Gasteiger partial charge on any atom is 0.244 e.